The van der Waals surface area contributed by atoms with Gasteiger partial charge in [-0.25, -0.2) is 4.98 Å². The molecule has 0 saturated heterocycles. The summed E-state index contributed by atoms with van der Waals surface area (Å²) in [5.74, 6) is 2.09. The Morgan fingerprint density at radius 3 is 2.38 bits per heavy atom. The van der Waals surface area contributed by atoms with Gasteiger partial charge in [0.2, 0.25) is 0 Å². The number of aromatic amines is 1. The average molecular weight is 302 g/mol. The van der Waals surface area contributed by atoms with Crippen LogP contribution in [0.3, 0.4) is 0 Å². The third kappa shape index (κ3) is 2.86. The number of methoxy groups -OCH3 is 1. The number of H-pyrrole nitrogens is 1. The molecule has 1 N–H and O–H groups in total. The van der Waals surface area contributed by atoms with Crippen LogP contribution in [0.5, 0.6) is 5.75 Å². The van der Waals surface area contributed by atoms with Gasteiger partial charge >= 0.3 is 0 Å². The van der Waals surface area contributed by atoms with E-state index in [1.54, 1.807) is 7.11 Å². The van der Waals surface area contributed by atoms with Gasteiger partial charge in [-0.3, -0.25) is 0 Å². The van der Waals surface area contributed by atoms with Gasteiger partial charge in [0.15, 0.2) is 0 Å². The Labute approximate surface area is 131 Å². The quantitative estimate of drug-likeness (QED) is 0.822. The molecule has 4 heteroatoms. The van der Waals surface area contributed by atoms with E-state index < -0.39 is 0 Å². The molecule has 1 aromatic carbocycles. The Kier molecular flexibility index (Phi) is 4.47. The Balaban J connectivity index is 2.78. The van der Waals surface area contributed by atoms with Gasteiger partial charge in [-0.1, -0.05) is 32.1 Å². The molecular weight excluding hydrogens is 280 g/mol. The van der Waals surface area contributed by atoms with Crippen molar-refractivity contribution in [2.45, 2.75) is 40.5 Å². The molecule has 0 aliphatic carbocycles. The minimum absolute atomic E-state index is 0.295. The second-order valence-electron chi connectivity index (χ2n) is 5.67. The molecule has 21 heavy (non-hydrogen) atoms. The molecule has 0 bridgehead atoms. The van der Waals surface area contributed by atoms with Gasteiger partial charge in [-0.05, 0) is 38.0 Å². The SMILES string of the molecule is COc1c(-c2[nH]c(C(C)C)nc(=S)c2C)ccc(C)c1C. The summed E-state index contributed by atoms with van der Waals surface area (Å²) in [4.78, 5) is 7.91. The van der Waals surface area contributed by atoms with E-state index in [4.69, 9.17) is 17.0 Å². The van der Waals surface area contributed by atoms with Crippen LogP contribution in [0.25, 0.3) is 11.3 Å². The molecule has 0 saturated carbocycles. The van der Waals surface area contributed by atoms with Gasteiger partial charge in [0.25, 0.3) is 0 Å². The molecule has 2 aromatic rings. The lowest BCUT2D eigenvalue weighted by Gasteiger charge is -2.17. The van der Waals surface area contributed by atoms with Crippen molar-refractivity contribution in [1.29, 1.82) is 0 Å². The number of rotatable bonds is 3. The first-order chi connectivity index (χ1) is 9.86. The van der Waals surface area contributed by atoms with Crippen molar-refractivity contribution >= 4 is 12.2 Å². The highest BCUT2D eigenvalue weighted by molar-refractivity contribution is 7.71. The summed E-state index contributed by atoms with van der Waals surface area (Å²) in [7, 11) is 1.71. The Hall–Kier alpha value is -1.68. The third-order valence-electron chi connectivity index (χ3n) is 3.87. The molecule has 3 nitrogen and oxygen atoms in total. The van der Waals surface area contributed by atoms with Gasteiger partial charge in [0.05, 0.1) is 12.8 Å². The van der Waals surface area contributed by atoms with Crippen molar-refractivity contribution in [1.82, 2.24) is 9.97 Å². The van der Waals surface area contributed by atoms with Gasteiger partial charge in [-0.2, -0.15) is 0 Å². The van der Waals surface area contributed by atoms with E-state index in [2.05, 4.69) is 49.8 Å². The van der Waals surface area contributed by atoms with Crippen molar-refractivity contribution in [2.75, 3.05) is 7.11 Å². The van der Waals surface area contributed by atoms with Crippen LogP contribution in [-0.4, -0.2) is 17.1 Å². The normalized spacial score (nSPS) is 11.0. The van der Waals surface area contributed by atoms with Crippen molar-refractivity contribution < 1.29 is 4.74 Å². The van der Waals surface area contributed by atoms with E-state index in [-0.39, 0.29) is 0 Å². The topological polar surface area (TPSA) is 37.9 Å². The summed E-state index contributed by atoms with van der Waals surface area (Å²) in [6.07, 6.45) is 0. The lowest BCUT2D eigenvalue weighted by molar-refractivity contribution is 0.412. The maximum atomic E-state index is 5.63. The highest BCUT2D eigenvalue weighted by atomic mass is 32.1. The van der Waals surface area contributed by atoms with Crippen LogP contribution < -0.4 is 4.74 Å². The molecule has 0 unspecified atom stereocenters. The number of hydrogen-bond acceptors (Lipinski definition) is 3. The van der Waals surface area contributed by atoms with Crippen molar-refractivity contribution in [3.05, 3.63) is 39.3 Å². The predicted molar refractivity (Wildman–Crippen MR) is 89.7 cm³/mol. The first kappa shape index (κ1) is 15.7. The second kappa shape index (κ2) is 5.98. The Bertz CT molecular complexity index is 732. The largest absolute Gasteiger partial charge is 0.496 e. The Morgan fingerprint density at radius 1 is 1.14 bits per heavy atom. The third-order valence-corrected chi connectivity index (χ3v) is 4.27. The molecule has 1 heterocycles. The molecular formula is C17H22N2OS. The second-order valence-corrected chi connectivity index (χ2v) is 6.06. The average Bonchev–Trinajstić information content (AvgIpc) is 2.44. The summed E-state index contributed by atoms with van der Waals surface area (Å²) >= 11 is 5.41. The number of nitrogens with one attached hydrogen (secondary N) is 1. The van der Waals surface area contributed by atoms with E-state index in [0.29, 0.717) is 10.6 Å². The first-order valence-electron chi connectivity index (χ1n) is 7.12. The smallest absolute Gasteiger partial charge is 0.133 e. The van der Waals surface area contributed by atoms with Crippen LogP contribution in [0.4, 0.5) is 0 Å². The molecule has 1 aromatic heterocycles. The number of aryl methyl sites for hydroxylation is 1. The number of ether oxygens (including phenoxy) is 1. The van der Waals surface area contributed by atoms with Crippen molar-refractivity contribution in [3.8, 4) is 17.0 Å². The fourth-order valence-electron chi connectivity index (χ4n) is 2.34. The summed E-state index contributed by atoms with van der Waals surface area (Å²) in [6.45, 7) is 10.4. The van der Waals surface area contributed by atoms with Gasteiger partial charge < -0.3 is 9.72 Å². The van der Waals surface area contributed by atoms with Gasteiger partial charge in [0.1, 0.15) is 16.2 Å². The summed E-state index contributed by atoms with van der Waals surface area (Å²) in [6, 6.07) is 4.19. The first-order valence-corrected chi connectivity index (χ1v) is 7.53. The summed E-state index contributed by atoms with van der Waals surface area (Å²) in [5.41, 5.74) is 5.38. The fraction of sp³-hybridized carbons (Fsp3) is 0.412. The molecule has 0 aliphatic heterocycles. The molecule has 0 atom stereocenters. The standard InChI is InChI=1S/C17H22N2OS/c1-9(2)16-18-14(12(5)17(21)19-16)13-8-7-10(3)11(4)15(13)20-6/h7-9H,1-6H3,(H,18,19,21). The van der Waals surface area contributed by atoms with Crippen LogP contribution in [0.15, 0.2) is 12.1 Å². The highest BCUT2D eigenvalue weighted by Gasteiger charge is 2.15. The fourth-order valence-corrected chi connectivity index (χ4v) is 2.54. The van der Waals surface area contributed by atoms with E-state index >= 15 is 0 Å². The molecule has 112 valence electrons. The van der Waals surface area contributed by atoms with Crippen LogP contribution in [-0.2, 0) is 0 Å². The molecule has 0 radical (unpaired) electrons. The summed E-state index contributed by atoms with van der Waals surface area (Å²) in [5, 5.41) is 0. The lowest BCUT2D eigenvalue weighted by atomic mass is 10.00. The van der Waals surface area contributed by atoms with E-state index in [0.717, 1.165) is 34.0 Å². The van der Waals surface area contributed by atoms with Crippen LogP contribution in [0.2, 0.25) is 0 Å². The molecule has 0 fully saturated rings. The number of hydrogen-bond donors (Lipinski definition) is 1. The monoisotopic (exact) mass is 302 g/mol. The lowest BCUT2D eigenvalue weighted by Crippen LogP contribution is -2.04. The zero-order valence-corrected chi connectivity index (χ0v) is 14.3. The van der Waals surface area contributed by atoms with E-state index in [1.807, 2.05) is 6.92 Å². The van der Waals surface area contributed by atoms with Crippen molar-refractivity contribution in [2.24, 2.45) is 0 Å². The number of benzene rings is 1. The minimum Gasteiger partial charge on any atom is -0.496 e. The molecule has 0 aliphatic rings. The zero-order chi connectivity index (χ0) is 15.7. The maximum absolute atomic E-state index is 5.63. The van der Waals surface area contributed by atoms with Gasteiger partial charge in [0, 0.05) is 17.0 Å². The molecule has 2 rings (SSSR count). The molecule has 0 spiro atoms. The van der Waals surface area contributed by atoms with Crippen molar-refractivity contribution in [3.63, 3.8) is 0 Å². The minimum atomic E-state index is 0.295. The highest BCUT2D eigenvalue weighted by Crippen LogP contribution is 2.35. The zero-order valence-electron chi connectivity index (χ0n) is 13.5. The van der Waals surface area contributed by atoms with E-state index in [9.17, 15) is 0 Å². The maximum Gasteiger partial charge on any atom is 0.133 e. The van der Waals surface area contributed by atoms with E-state index in [1.165, 1.54) is 5.56 Å². The molecule has 0 amide bonds. The van der Waals surface area contributed by atoms with Crippen LogP contribution in [0.1, 0.15) is 42.3 Å². The summed E-state index contributed by atoms with van der Waals surface area (Å²) < 4.78 is 6.28. The number of aromatic nitrogens is 2. The van der Waals surface area contributed by atoms with Gasteiger partial charge in [-0.15, -0.1) is 0 Å². The predicted octanol–water partition coefficient (Wildman–Crippen LogP) is 4.86. The van der Waals surface area contributed by atoms with Crippen LogP contribution >= 0.6 is 12.2 Å². The Morgan fingerprint density at radius 2 is 1.81 bits per heavy atom. The van der Waals surface area contributed by atoms with Crippen LogP contribution in [0, 0.1) is 25.4 Å². The number of nitrogens with zero attached hydrogens (tertiary/aromatic N) is 1.